The highest BCUT2D eigenvalue weighted by Gasteiger charge is 2.23. The Morgan fingerprint density at radius 3 is 1.91 bits per heavy atom. The second-order valence-corrected chi connectivity index (χ2v) is 5.19. The fourth-order valence-electron chi connectivity index (χ4n) is 1.30. The average Bonchev–Trinajstić information content (AvgIpc) is 2.00. The van der Waals surface area contributed by atoms with Crippen LogP contribution in [-0.4, -0.2) is 15.4 Å². The summed E-state index contributed by atoms with van der Waals surface area (Å²) in [6.45, 7) is 0. The minimum atomic E-state index is 0.0900. The van der Waals surface area contributed by atoms with Gasteiger partial charge in [0.15, 0.2) is 5.78 Å². The third-order valence-electron chi connectivity index (χ3n) is 2.03. The molecule has 64 valence electrons. The molecule has 1 rings (SSSR count). The van der Waals surface area contributed by atoms with Crippen LogP contribution < -0.4 is 0 Å². The van der Waals surface area contributed by atoms with Gasteiger partial charge in [0.05, 0.1) is 9.65 Å². The van der Waals surface area contributed by atoms with E-state index in [2.05, 4.69) is 31.9 Å². The van der Waals surface area contributed by atoms with Crippen LogP contribution in [0.5, 0.6) is 0 Å². The van der Waals surface area contributed by atoms with Crippen molar-refractivity contribution in [2.45, 2.75) is 41.8 Å². The normalized spacial score (nSPS) is 34.5. The van der Waals surface area contributed by atoms with Crippen LogP contribution in [0, 0.1) is 0 Å². The van der Waals surface area contributed by atoms with Crippen LogP contribution in [0.2, 0.25) is 0 Å². The minimum Gasteiger partial charge on any atom is -0.297 e. The van der Waals surface area contributed by atoms with E-state index in [0.717, 1.165) is 12.8 Å². The fraction of sp³-hybridized carbons (Fsp3) is 0.875. The maximum absolute atomic E-state index is 11.4. The fourth-order valence-corrected chi connectivity index (χ4v) is 2.94. The molecular formula is C8H12Br2O. The molecular weight excluding hydrogens is 272 g/mol. The lowest BCUT2D eigenvalue weighted by atomic mass is 10.00. The maximum atomic E-state index is 11.4. The van der Waals surface area contributed by atoms with Crippen LogP contribution in [0.1, 0.15) is 32.1 Å². The van der Waals surface area contributed by atoms with Crippen molar-refractivity contribution in [2.24, 2.45) is 0 Å². The first-order valence-corrected chi connectivity index (χ1v) is 5.87. The summed E-state index contributed by atoms with van der Waals surface area (Å²) < 4.78 is 0. The molecule has 2 atom stereocenters. The van der Waals surface area contributed by atoms with Crippen molar-refractivity contribution in [3.63, 3.8) is 0 Å². The number of ketones is 1. The van der Waals surface area contributed by atoms with E-state index in [1.165, 1.54) is 19.3 Å². The molecule has 1 aliphatic rings. The van der Waals surface area contributed by atoms with Crippen LogP contribution in [0.4, 0.5) is 0 Å². The van der Waals surface area contributed by atoms with Crippen molar-refractivity contribution in [3.05, 3.63) is 0 Å². The van der Waals surface area contributed by atoms with E-state index in [0.29, 0.717) is 5.78 Å². The molecule has 0 aromatic rings. The maximum Gasteiger partial charge on any atom is 0.160 e. The third kappa shape index (κ3) is 2.86. The minimum absolute atomic E-state index is 0.0900. The monoisotopic (exact) mass is 282 g/mol. The van der Waals surface area contributed by atoms with Gasteiger partial charge in [-0.25, -0.2) is 0 Å². The summed E-state index contributed by atoms with van der Waals surface area (Å²) >= 11 is 6.80. The number of halogens is 2. The zero-order valence-electron chi connectivity index (χ0n) is 6.35. The van der Waals surface area contributed by atoms with Gasteiger partial charge in [0.25, 0.3) is 0 Å². The van der Waals surface area contributed by atoms with Gasteiger partial charge in [0.1, 0.15) is 0 Å². The molecule has 1 aliphatic carbocycles. The van der Waals surface area contributed by atoms with E-state index in [1.807, 2.05) is 0 Å². The van der Waals surface area contributed by atoms with Gasteiger partial charge in [-0.2, -0.15) is 0 Å². The Morgan fingerprint density at radius 2 is 1.45 bits per heavy atom. The molecule has 0 spiro atoms. The van der Waals surface area contributed by atoms with E-state index in [9.17, 15) is 4.79 Å². The van der Waals surface area contributed by atoms with E-state index < -0.39 is 0 Å². The largest absolute Gasteiger partial charge is 0.297 e. The summed E-state index contributed by atoms with van der Waals surface area (Å²) in [6, 6.07) is 0. The Labute approximate surface area is 84.2 Å². The summed E-state index contributed by atoms with van der Waals surface area (Å²) in [6.07, 6.45) is 5.63. The second kappa shape index (κ2) is 4.61. The van der Waals surface area contributed by atoms with Gasteiger partial charge in [0, 0.05) is 0 Å². The van der Waals surface area contributed by atoms with Gasteiger partial charge in [-0.15, -0.1) is 0 Å². The Kier molecular flexibility index (Phi) is 4.07. The van der Waals surface area contributed by atoms with Crippen molar-refractivity contribution >= 4 is 37.6 Å². The highest BCUT2D eigenvalue weighted by molar-refractivity contribution is 9.10. The summed E-state index contributed by atoms with van der Waals surface area (Å²) in [7, 11) is 0. The van der Waals surface area contributed by atoms with Gasteiger partial charge in [-0.05, 0) is 12.8 Å². The summed E-state index contributed by atoms with van der Waals surface area (Å²) in [5, 5.41) is 0. The van der Waals surface area contributed by atoms with Gasteiger partial charge >= 0.3 is 0 Å². The van der Waals surface area contributed by atoms with Gasteiger partial charge in [-0.1, -0.05) is 51.1 Å². The number of hydrogen-bond acceptors (Lipinski definition) is 1. The highest BCUT2D eigenvalue weighted by Crippen LogP contribution is 2.23. The first-order valence-electron chi connectivity index (χ1n) is 4.03. The Morgan fingerprint density at radius 1 is 1.00 bits per heavy atom. The zero-order chi connectivity index (χ0) is 8.27. The molecule has 0 saturated heterocycles. The van der Waals surface area contributed by atoms with E-state index in [4.69, 9.17) is 0 Å². The third-order valence-corrected chi connectivity index (χ3v) is 3.85. The first-order chi connectivity index (χ1) is 5.22. The summed E-state index contributed by atoms with van der Waals surface area (Å²) in [5.74, 6) is 0.324. The van der Waals surface area contributed by atoms with Crippen LogP contribution in [0.15, 0.2) is 0 Å². The number of carbonyl (C=O) groups excluding carboxylic acids is 1. The van der Waals surface area contributed by atoms with Gasteiger partial charge in [-0.3, -0.25) is 4.79 Å². The molecule has 0 aromatic heterocycles. The predicted octanol–water partition coefficient (Wildman–Crippen LogP) is 3.05. The van der Waals surface area contributed by atoms with Crippen LogP contribution in [-0.2, 0) is 4.79 Å². The summed E-state index contributed by atoms with van der Waals surface area (Å²) in [5.41, 5.74) is 0. The molecule has 0 unspecified atom stereocenters. The van der Waals surface area contributed by atoms with Crippen molar-refractivity contribution < 1.29 is 4.79 Å². The van der Waals surface area contributed by atoms with E-state index in [1.54, 1.807) is 0 Å². The number of hydrogen-bond donors (Lipinski definition) is 0. The standard InChI is InChI=1S/C8H12Br2O/c9-6-4-2-1-3-5-7(10)8(6)11/h6-7H,1-5H2/t6-,7-/m0/s1. The van der Waals surface area contributed by atoms with Crippen LogP contribution in [0.3, 0.4) is 0 Å². The molecule has 1 fully saturated rings. The lowest BCUT2D eigenvalue weighted by Crippen LogP contribution is -2.25. The number of rotatable bonds is 0. The SMILES string of the molecule is O=C1[C@@H](Br)CCCCC[C@@H]1Br. The molecule has 0 aromatic carbocycles. The van der Waals surface area contributed by atoms with Crippen molar-refractivity contribution in [1.82, 2.24) is 0 Å². The van der Waals surface area contributed by atoms with Gasteiger partial charge in [0.2, 0.25) is 0 Å². The molecule has 11 heavy (non-hydrogen) atoms. The molecule has 0 heterocycles. The molecule has 1 nitrogen and oxygen atoms in total. The quantitative estimate of drug-likeness (QED) is 0.625. The number of Topliss-reactive ketones (excluding diaryl/α,β-unsaturated/α-hetero) is 1. The van der Waals surface area contributed by atoms with E-state index >= 15 is 0 Å². The number of alkyl halides is 2. The van der Waals surface area contributed by atoms with Gasteiger partial charge < -0.3 is 0 Å². The second-order valence-electron chi connectivity index (χ2n) is 2.98. The van der Waals surface area contributed by atoms with Crippen molar-refractivity contribution in [1.29, 1.82) is 0 Å². The molecule has 3 heteroatoms. The topological polar surface area (TPSA) is 17.1 Å². The number of carbonyl (C=O) groups is 1. The van der Waals surface area contributed by atoms with Crippen LogP contribution in [0.25, 0.3) is 0 Å². The lowest BCUT2D eigenvalue weighted by molar-refractivity contribution is -0.118. The Hall–Kier alpha value is 0.630. The molecule has 0 amide bonds. The highest BCUT2D eigenvalue weighted by atomic mass is 79.9. The molecule has 0 bridgehead atoms. The molecule has 1 saturated carbocycles. The molecule has 0 N–H and O–H groups in total. The summed E-state index contributed by atoms with van der Waals surface area (Å²) in [4.78, 5) is 11.6. The average molecular weight is 284 g/mol. The molecule has 0 aliphatic heterocycles. The molecule has 0 radical (unpaired) electrons. The Bertz CT molecular complexity index is 133. The zero-order valence-corrected chi connectivity index (χ0v) is 9.53. The predicted molar refractivity (Wildman–Crippen MR) is 53.5 cm³/mol. The first kappa shape index (κ1) is 9.72. The van der Waals surface area contributed by atoms with E-state index in [-0.39, 0.29) is 9.65 Å². The lowest BCUT2D eigenvalue weighted by Gasteiger charge is -2.16. The van der Waals surface area contributed by atoms with Crippen molar-refractivity contribution in [3.8, 4) is 0 Å². The smallest absolute Gasteiger partial charge is 0.160 e. The van der Waals surface area contributed by atoms with Crippen molar-refractivity contribution in [2.75, 3.05) is 0 Å². The Balaban J connectivity index is 2.49. The van der Waals surface area contributed by atoms with Crippen LogP contribution >= 0.6 is 31.9 Å².